The molecule has 4 heteroatoms. The number of aryl methyl sites for hydroxylation is 1. The average Bonchev–Trinajstić information content (AvgIpc) is 3.43. The van der Waals surface area contributed by atoms with Gasteiger partial charge >= 0.3 is 6.16 Å². The number of aromatic hydroxyl groups is 1. The summed E-state index contributed by atoms with van der Waals surface area (Å²) >= 11 is 0. The molecule has 32 heavy (non-hydrogen) atoms. The molecule has 4 aromatic rings. The Morgan fingerprint density at radius 1 is 0.906 bits per heavy atom. The number of ether oxygens (including phenoxy) is 2. The Morgan fingerprint density at radius 3 is 2.50 bits per heavy atom. The molecule has 2 aliphatic carbocycles. The summed E-state index contributed by atoms with van der Waals surface area (Å²) in [7, 11) is 0. The van der Waals surface area contributed by atoms with E-state index in [1.165, 1.54) is 0 Å². The number of phenolic OH excluding ortho intramolecular Hbond substituents is 1. The molecule has 160 valence electrons. The van der Waals surface area contributed by atoms with Crippen LogP contribution in [0.5, 0.6) is 17.2 Å². The topological polar surface area (TPSA) is 55.8 Å². The third kappa shape index (κ3) is 2.94. The zero-order valence-corrected chi connectivity index (χ0v) is 17.9. The highest BCUT2D eigenvalue weighted by Crippen LogP contribution is 2.60. The molecule has 0 heterocycles. The molecule has 2 aliphatic rings. The monoisotopic (exact) mass is 424 g/mol. The largest absolute Gasteiger partial charge is 0.519 e. The van der Waals surface area contributed by atoms with Crippen LogP contribution < -0.4 is 9.47 Å². The quantitative estimate of drug-likeness (QED) is 0.279. The lowest BCUT2D eigenvalue weighted by Crippen LogP contribution is -2.16. The van der Waals surface area contributed by atoms with Crippen LogP contribution in [-0.2, 0) is 6.42 Å². The highest BCUT2D eigenvalue weighted by Gasteiger charge is 2.42. The number of hydrogen-bond donors (Lipinski definition) is 1. The highest BCUT2D eigenvalue weighted by atomic mass is 16.7. The third-order valence-electron chi connectivity index (χ3n) is 7.14. The first-order valence-electron chi connectivity index (χ1n) is 11.3. The first-order chi connectivity index (χ1) is 15.6. The molecule has 1 saturated carbocycles. The molecule has 6 rings (SSSR count). The van der Waals surface area contributed by atoms with Crippen LogP contribution in [-0.4, -0.2) is 11.3 Å². The van der Waals surface area contributed by atoms with Gasteiger partial charge < -0.3 is 14.6 Å². The Morgan fingerprint density at radius 2 is 1.69 bits per heavy atom. The second-order valence-corrected chi connectivity index (χ2v) is 8.91. The summed E-state index contributed by atoms with van der Waals surface area (Å²) in [5, 5.41) is 14.7. The fraction of sp³-hybridized carbons (Fsp3) is 0.250. The number of carbonyl (C=O) groups excluding carboxylic acids is 1. The van der Waals surface area contributed by atoms with Crippen LogP contribution in [0.3, 0.4) is 0 Å². The van der Waals surface area contributed by atoms with Crippen LogP contribution in [0.4, 0.5) is 4.79 Å². The van der Waals surface area contributed by atoms with Crippen molar-refractivity contribution in [2.75, 3.05) is 0 Å². The molecule has 0 saturated heterocycles. The molecule has 0 aromatic heterocycles. The van der Waals surface area contributed by atoms with Crippen molar-refractivity contribution in [1.29, 1.82) is 0 Å². The van der Waals surface area contributed by atoms with Crippen LogP contribution in [0.25, 0.3) is 21.5 Å². The van der Waals surface area contributed by atoms with Crippen LogP contribution in [0.2, 0.25) is 0 Å². The van der Waals surface area contributed by atoms with Crippen molar-refractivity contribution < 1.29 is 19.4 Å². The second kappa shape index (κ2) is 7.27. The van der Waals surface area contributed by atoms with E-state index in [1.807, 2.05) is 54.6 Å². The van der Waals surface area contributed by atoms with Gasteiger partial charge in [-0.3, -0.25) is 0 Å². The molecule has 2 bridgehead atoms. The van der Waals surface area contributed by atoms with E-state index >= 15 is 0 Å². The molecule has 0 amide bonds. The minimum Gasteiger partial charge on any atom is -0.507 e. The van der Waals surface area contributed by atoms with Gasteiger partial charge in [-0.05, 0) is 72.1 Å². The Balaban J connectivity index is 1.41. The smallest absolute Gasteiger partial charge is 0.507 e. The summed E-state index contributed by atoms with van der Waals surface area (Å²) in [5.74, 6) is 2.01. The van der Waals surface area contributed by atoms with E-state index in [2.05, 4.69) is 6.92 Å². The molecule has 0 radical (unpaired) electrons. The number of carbonyl (C=O) groups is 1. The predicted octanol–water partition coefficient (Wildman–Crippen LogP) is 7.20. The van der Waals surface area contributed by atoms with Gasteiger partial charge in [-0.25, -0.2) is 4.79 Å². The van der Waals surface area contributed by atoms with E-state index in [1.54, 1.807) is 6.07 Å². The highest BCUT2D eigenvalue weighted by molar-refractivity contribution is 5.98. The normalized spacial score (nSPS) is 18.8. The van der Waals surface area contributed by atoms with Gasteiger partial charge in [0, 0.05) is 21.9 Å². The average molecular weight is 424 g/mol. The number of fused-ring (bicyclic) bond motifs is 7. The Bertz CT molecular complexity index is 1390. The van der Waals surface area contributed by atoms with Crippen molar-refractivity contribution in [3.63, 3.8) is 0 Å². The molecule has 0 spiro atoms. The van der Waals surface area contributed by atoms with E-state index in [-0.39, 0.29) is 0 Å². The summed E-state index contributed by atoms with van der Waals surface area (Å²) in [6.45, 7) is 2.09. The van der Waals surface area contributed by atoms with E-state index in [0.29, 0.717) is 29.1 Å². The Kier molecular flexibility index (Phi) is 4.35. The van der Waals surface area contributed by atoms with Crippen molar-refractivity contribution in [1.82, 2.24) is 0 Å². The standard InChI is InChI=1S/C28H24O4/c1-2-16-7-12-22-23(13-16)27(25-20-9-8-19(14-20)24(25)26(22)29)32-28(30)31-21-11-10-17-5-3-4-6-18(17)15-21/h3-7,10-13,15,19-20,29H,2,8-9,14H2,1H3. The number of rotatable bonds is 3. The molecule has 2 atom stereocenters. The van der Waals surface area contributed by atoms with Crippen molar-refractivity contribution >= 4 is 27.7 Å². The number of benzene rings is 4. The second-order valence-electron chi connectivity index (χ2n) is 8.91. The third-order valence-corrected chi connectivity index (χ3v) is 7.14. The lowest BCUT2D eigenvalue weighted by Gasteiger charge is -2.22. The van der Waals surface area contributed by atoms with Crippen molar-refractivity contribution in [3.8, 4) is 17.2 Å². The molecular weight excluding hydrogens is 400 g/mol. The Hall–Kier alpha value is -3.53. The van der Waals surface area contributed by atoms with Gasteiger partial charge in [0.15, 0.2) is 0 Å². The summed E-state index contributed by atoms with van der Waals surface area (Å²) in [6.07, 6.45) is 3.26. The molecule has 4 aromatic carbocycles. The zero-order chi connectivity index (χ0) is 21.8. The summed E-state index contributed by atoms with van der Waals surface area (Å²) in [5.41, 5.74) is 3.09. The molecule has 2 unspecified atom stereocenters. The van der Waals surface area contributed by atoms with Gasteiger partial charge in [0.2, 0.25) is 0 Å². The van der Waals surface area contributed by atoms with Gasteiger partial charge in [0.05, 0.1) is 0 Å². The lowest BCUT2D eigenvalue weighted by molar-refractivity contribution is 0.152. The molecule has 0 aliphatic heterocycles. The van der Waals surface area contributed by atoms with Crippen LogP contribution >= 0.6 is 0 Å². The van der Waals surface area contributed by atoms with Crippen molar-refractivity contribution in [2.45, 2.75) is 44.4 Å². The van der Waals surface area contributed by atoms with Crippen LogP contribution in [0.15, 0.2) is 60.7 Å². The Labute approximate surface area is 186 Å². The van der Waals surface area contributed by atoms with Crippen molar-refractivity contribution in [2.24, 2.45) is 0 Å². The van der Waals surface area contributed by atoms with E-state index in [4.69, 9.17) is 9.47 Å². The fourth-order valence-electron chi connectivity index (χ4n) is 5.61. The predicted molar refractivity (Wildman–Crippen MR) is 125 cm³/mol. The molecule has 4 nitrogen and oxygen atoms in total. The van der Waals surface area contributed by atoms with Gasteiger partial charge in [-0.1, -0.05) is 49.4 Å². The van der Waals surface area contributed by atoms with Gasteiger partial charge in [0.25, 0.3) is 0 Å². The SMILES string of the molecule is CCc1ccc2c(O)c3c(c(OC(=O)Oc4ccc5ccccc5c4)c2c1)C1CCC3C1. The lowest BCUT2D eigenvalue weighted by atomic mass is 9.87. The van der Waals surface area contributed by atoms with E-state index in [9.17, 15) is 9.90 Å². The van der Waals surface area contributed by atoms with Gasteiger partial charge in [0.1, 0.15) is 17.2 Å². The first kappa shape index (κ1) is 19.2. The maximum absolute atomic E-state index is 12.9. The number of phenols is 1. The number of hydrogen-bond acceptors (Lipinski definition) is 4. The minimum atomic E-state index is -0.751. The molecule has 1 fully saturated rings. The van der Waals surface area contributed by atoms with Gasteiger partial charge in [-0.15, -0.1) is 0 Å². The molecule has 1 N–H and O–H groups in total. The van der Waals surface area contributed by atoms with Crippen molar-refractivity contribution in [3.05, 3.63) is 77.4 Å². The maximum Gasteiger partial charge on any atom is 0.519 e. The maximum atomic E-state index is 12.9. The summed E-state index contributed by atoms with van der Waals surface area (Å²) in [6, 6.07) is 19.5. The van der Waals surface area contributed by atoms with E-state index in [0.717, 1.165) is 63.9 Å². The first-order valence-corrected chi connectivity index (χ1v) is 11.3. The van der Waals surface area contributed by atoms with Crippen LogP contribution in [0.1, 0.15) is 54.7 Å². The molecular formula is C28H24O4. The van der Waals surface area contributed by atoms with E-state index < -0.39 is 6.16 Å². The van der Waals surface area contributed by atoms with Gasteiger partial charge in [-0.2, -0.15) is 0 Å². The fourth-order valence-corrected chi connectivity index (χ4v) is 5.61. The van der Waals surface area contributed by atoms with Crippen LogP contribution in [0, 0.1) is 0 Å². The zero-order valence-electron chi connectivity index (χ0n) is 17.9. The minimum absolute atomic E-state index is 0.319. The summed E-state index contributed by atoms with van der Waals surface area (Å²) < 4.78 is 11.5. The summed E-state index contributed by atoms with van der Waals surface area (Å²) in [4.78, 5) is 12.9.